The van der Waals surface area contributed by atoms with Crippen molar-refractivity contribution in [1.29, 1.82) is 0 Å². The largest absolute Gasteiger partial charge is 0.393 e. The SMILES string of the molecule is CCc1nn(C)cc1C(=O)N1CCCCC1CC(C)O. The van der Waals surface area contributed by atoms with Gasteiger partial charge in [0.05, 0.1) is 17.4 Å². The van der Waals surface area contributed by atoms with Crippen LogP contribution in [0.5, 0.6) is 0 Å². The van der Waals surface area contributed by atoms with E-state index in [1.54, 1.807) is 11.6 Å². The molecule has 1 fully saturated rings. The third-order valence-electron chi connectivity index (χ3n) is 3.97. The Bertz CT molecular complexity index is 468. The van der Waals surface area contributed by atoms with Gasteiger partial charge >= 0.3 is 0 Å². The van der Waals surface area contributed by atoms with Crippen LogP contribution < -0.4 is 0 Å². The highest BCUT2D eigenvalue weighted by Gasteiger charge is 2.30. The van der Waals surface area contributed by atoms with E-state index in [0.29, 0.717) is 12.0 Å². The maximum absolute atomic E-state index is 12.8. The summed E-state index contributed by atoms with van der Waals surface area (Å²) >= 11 is 0. The first-order valence-corrected chi connectivity index (χ1v) is 7.54. The average molecular weight is 279 g/mol. The topological polar surface area (TPSA) is 58.4 Å². The molecule has 0 aromatic carbocycles. The molecule has 2 heterocycles. The molecule has 1 aromatic rings. The van der Waals surface area contributed by atoms with Crippen molar-refractivity contribution in [2.75, 3.05) is 6.54 Å². The summed E-state index contributed by atoms with van der Waals surface area (Å²) in [6.07, 6.45) is 6.03. The number of aliphatic hydroxyl groups excluding tert-OH is 1. The number of hydrogen-bond acceptors (Lipinski definition) is 3. The average Bonchev–Trinajstić information content (AvgIpc) is 2.79. The lowest BCUT2D eigenvalue weighted by Crippen LogP contribution is -2.45. The molecule has 0 spiro atoms. The predicted octanol–water partition coefficient (Wildman–Crippen LogP) is 1.75. The van der Waals surface area contributed by atoms with Crippen LogP contribution in [0.25, 0.3) is 0 Å². The highest BCUT2D eigenvalue weighted by Crippen LogP contribution is 2.24. The molecule has 2 atom stereocenters. The fourth-order valence-corrected chi connectivity index (χ4v) is 3.04. The van der Waals surface area contributed by atoms with E-state index in [4.69, 9.17) is 0 Å². The minimum atomic E-state index is -0.368. The third kappa shape index (κ3) is 3.20. The first kappa shape index (κ1) is 15.0. The van der Waals surface area contributed by atoms with Crippen LogP contribution in [0.2, 0.25) is 0 Å². The number of likely N-dealkylation sites (tertiary alicyclic amines) is 1. The van der Waals surface area contributed by atoms with Gasteiger partial charge in [0.25, 0.3) is 5.91 Å². The Balaban J connectivity index is 2.20. The standard InChI is InChI=1S/C15H25N3O2/c1-4-14-13(10-17(3)16-14)15(20)18-8-6-5-7-12(18)9-11(2)19/h10-12,19H,4-9H2,1-3H3. The third-order valence-corrected chi connectivity index (χ3v) is 3.97. The zero-order valence-electron chi connectivity index (χ0n) is 12.7. The van der Waals surface area contributed by atoms with E-state index in [1.807, 2.05) is 25.1 Å². The second-order valence-corrected chi connectivity index (χ2v) is 5.75. The van der Waals surface area contributed by atoms with Gasteiger partial charge in [-0.2, -0.15) is 5.10 Å². The lowest BCUT2D eigenvalue weighted by molar-refractivity contribution is 0.0514. The van der Waals surface area contributed by atoms with E-state index >= 15 is 0 Å². The molecular formula is C15H25N3O2. The van der Waals surface area contributed by atoms with Crippen LogP contribution in [0.3, 0.4) is 0 Å². The van der Waals surface area contributed by atoms with Gasteiger partial charge < -0.3 is 10.0 Å². The quantitative estimate of drug-likeness (QED) is 0.913. The monoisotopic (exact) mass is 279 g/mol. The summed E-state index contributed by atoms with van der Waals surface area (Å²) in [7, 11) is 1.85. The summed E-state index contributed by atoms with van der Waals surface area (Å²) in [4.78, 5) is 14.7. The molecule has 1 aromatic heterocycles. The Morgan fingerprint density at radius 1 is 1.55 bits per heavy atom. The fourth-order valence-electron chi connectivity index (χ4n) is 3.04. The molecule has 1 aliphatic rings. The molecule has 0 saturated carbocycles. The predicted molar refractivity (Wildman–Crippen MR) is 77.6 cm³/mol. The number of piperidine rings is 1. The number of aromatic nitrogens is 2. The van der Waals surface area contributed by atoms with Crippen molar-refractivity contribution in [2.45, 2.75) is 58.1 Å². The van der Waals surface area contributed by atoms with Gasteiger partial charge in [-0.15, -0.1) is 0 Å². The number of aryl methyl sites for hydroxylation is 2. The Morgan fingerprint density at radius 3 is 2.95 bits per heavy atom. The van der Waals surface area contributed by atoms with Gasteiger partial charge in [-0.25, -0.2) is 0 Å². The second-order valence-electron chi connectivity index (χ2n) is 5.75. The van der Waals surface area contributed by atoms with Crippen molar-refractivity contribution in [1.82, 2.24) is 14.7 Å². The Kier molecular flexibility index (Phi) is 4.81. The number of hydrogen-bond donors (Lipinski definition) is 1. The van der Waals surface area contributed by atoms with Crippen molar-refractivity contribution in [3.63, 3.8) is 0 Å². The number of aliphatic hydroxyl groups is 1. The zero-order valence-corrected chi connectivity index (χ0v) is 12.7. The normalized spacial score (nSPS) is 21.0. The van der Waals surface area contributed by atoms with E-state index in [-0.39, 0.29) is 18.1 Å². The van der Waals surface area contributed by atoms with Crippen LogP contribution in [-0.4, -0.2) is 44.4 Å². The maximum Gasteiger partial charge on any atom is 0.257 e. The molecule has 0 aliphatic carbocycles. The van der Waals surface area contributed by atoms with Crippen LogP contribution in [0, 0.1) is 0 Å². The van der Waals surface area contributed by atoms with Gasteiger partial charge in [0, 0.05) is 25.8 Å². The molecule has 2 unspecified atom stereocenters. The number of carbonyl (C=O) groups excluding carboxylic acids is 1. The molecule has 1 N–H and O–H groups in total. The van der Waals surface area contributed by atoms with Crippen LogP contribution in [0.15, 0.2) is 6.20 Å². The molecule has 1 amide bonds. The molecule has 1 saturated heterocycles. The molecule has 20 heavy (non-hydrogen) atoms. The Labute approximate surface area is 120 Å². The van der Waals surface area contributed by atoms with Gasteiger partial charge in [0.1, 0.15) is 0 Å². The van der Waals surface area contributed by atoms with Crippen LogP contribution in [-0.2, 0) is 13.5 Å². The van der Waals surface area contributed by atoms with Crippen molar-refractivity contribution in [3.8, 4) is 0 Å². The van der Waals surface area contributed by atoms with Crippen LogP contribution in [0.4, 0.5) is 0 Å². The summed E-state index contributed by atoms with van der Waals surface area (Å²) in [5.41, 5.74) is 1.58. The first-order chi connectivity index (χ1) is 9.52. The molecule has 1 aliphatic heterocycles. The summed E-state index contributed by atoms with van der Waals surface area (Å²) in [6, 6.07) is 0.154. The van der Waals surface area contributed by atoms with Crippen molar-refractivity contribution in [2.24, 2.45) is 7.05 Å². The lowest BCUT2D eigenvalue weighted by atomic mass is 9.96. The number of rotatable bonds is 4. The molecule has 0 radical (unpaired) electrons. The minimum absolute atomic E-state index is 0.0697. The van der Waals surface area contributed by atoms with Gasteiger partial charge in [-0.3, -0.25) is 9.48 Å². The number of nitrogens with zero attached hydrogens (tertiary/aromatic N) is 3. The van der Waals surface area contributed by atoms with E-state index in [1.165, 1.54) is 0 Å². The fraction of sp³-hybridized carbons (Fsp3) is 0.733. The summed E-state index contributed by atoms with van der Waals surface area (Å²) in [6.45, 7) is 4.59. The van der Waals surface area contributed by atoms with Crippen molar-refractivity contribution < 1.29 is 9.90 Å². The van der Waals surface area contributed by atoms with Crippen LogP contribution in [0.1, 0.15) is 55.6 Å². The first-order valence-electron chi connectivity index (χ1n) is 7.54. The second kappa shape index (κ2) is 6.39. The van der Waals surface area contributed by atoms with Gasteiger partial charge in [-0.1, -0.05) is 6.92 Å². The van der Waals surface area contributed by atoms with E-state index in [0.717, 1.165) is 37.9 Å². The Hall–Kier alpha value is -1.36. The zero-order chi connectivity index (χ0) is 14.7. The van der Waals surface area contributed by atoms with Crippen molar-refractivity contribution >= 4 is 5.91 Å². The maximum atomic E-state index is 12.8. The molecule has 5 nitrogen and oxygen atoms in total. The van der Waals surface area contributed by atoms with E-state index < -0.39 is 0 Å². The Morgan fingerprint density at radius 2 is 2.30 bits per heavy atom. The van der Waals surface area contributed by atoms with Gasteiger partial charge in [0.15, 0.2) is 0 Å². The summed E-state index contributed by atoms with van der Waals surface area (Å²) in [5.74, 6) is 0.0697. The molecule has 112 valence electrons. The van der Waals surface area contributed by atoms with Gasteiger partial charge in [-0.05, 0) is 39.0 Å². The smallest absolute Gasteiger partial charge is 0.257 e. The lowest BCUT2D eigenvalue weighted by Gasteiger charge is -2.36. The van der Waals surface area contributed by atoms with Crippen molar-refractivity contribution in [3.05, 3.63) is 17.5 Å². The molecule has 2 rings (SSSR count). The number of amides is 1. The summed E-state index contributed by atoms with van der Waals surface area (Å²) in [5, 5.41) is 14.0. The van der Waals surface area contributed by atoms with E-state index in [2.05, 4.69) is 5.10 Å². The number of carbonyl (C=O) groups is 1. The molecule has 0 bridgehead atoms. The molecular weight excluding hydrogens is 254 g/mol. The summed E-state index contributed by atoms with van der Waals surface area (Å²) < 4.78 is 1.71. The molecule has 5 heteroatoms. The minimum Gasteiger partial charge on any atom is -0.393 e. The van der Waals surface area contributed by atoms with Crippen LogP contribution >= 0.6 is 0 Å². The van der Waals surface area contributed by atoms with E-state index in [9.17, 15) is 9.90 Å². The van der Waals surface area contributed by atoms with Gasteiger partial charge in [0.2, 0.25) is 0 Å². The highest BCUT2D eigenvalue weighted by atomic mass is 16.3. The highest BCUT2D eigenvalue weighted by molar-refractivity contribution is 5.95.